The fraction of sp³-hybridized carbons (Fsp3) is 0.600. The number of halogens is 3. The fourth-order valence-electron chi connectivity index (χ4n) is 3.42. The lowest BCUT2D eigenvalue weighted by Crippen LogP contribution is -2.50. The van der Waals surface area contributed by atoms with Gasteiger partial charge in [0.05, 0.1) is 0 Å². The van der Waals surface area contributed by atoms with E-state index < -0.39 is 12.2 Å². The Bertz CT molecular complexity index is 495. The number of nitrogens with zero attached hydrogens (tertiary/aromatic N) is 1. The van der Waals surface area contributed by atoms with Crippen molar-refractivity contribution in [2.24, 2.45) is 0 Å². The molecule has 0 fully saturated rings. The topological polar surface area (TPSA) is 3.24 Å². The lowest BCUT2D eigenvalue weighted by molar-refractivity contribution is -0.180. The average Bonchev–Trinajstić information content (AvgIpc) is 2.56. The van der Waals surface area contributed by atoms with Gasteiger partial charge in [-0.1, -0.05) is 81.5 Å². The van der Waals surface area contributed by atoms with Crippen LogP contribution in [0.4, 0.5) is 13.2 Å². The van der Waals surface area contributed by atoms with E-state index in [-0.39, 0.29) is 6.04 Å². The Balaban J connectivity index is 2.04. The van der Waals surface area contributed by atoms with E-state index in [1.54, 1.807) is 11.0 Å². The van der Waals surface area contributed by atoms with Gasteiger partial charge in [0.25, 0.3) is 0 Å². The van der Waals surface area contributed by atoms with Gasteiger partial charge in [-0.25, -0.2) is 0 Å². The highest BCUT2D eigenvalue weighted by molar-refractivity contribution is 5.17. The maximum Gasteiger partial charge on any atom is 0.407 e. The second-order valence-corrected chi connectivity index (χ2v) is 6.66. The summed E-state index contributed by atoms with van der Waals surface area (Å²) in [4.78, 5) is 1.65. The summed E-state index contributed by atoms with van der Waals surface area (Å²) in [7, 11) is 0. The molecule has 0 aliphatic carbocycles. The smallest absolute Gasteiger partial charge is 0.281 e. The van der Waals surface area contributed by atoms with Crippen LogP contribution in [0.2, 0.25) is 0 Å². The summed E-state index contributed by atoms with van der Waals surface area (Å²) in [5.74, 6) is 0. The Labute approximate surface area is 143 Å². The Hall–Kier alpha value is -1.29. The minimum Gasteiger partial charge on any atom is -0.281 e. The van der Waals surface area contributed by atoms with Crippen molar-refractivity contribution in [3.8, 4) is 0 Å². The number of hydrogen-bond donors (Lipinski definition) is 0. The summed E-state index contributed by atoms with van der Waals surface area (Å²) < 4.78 is 40.4. The molecule has 0 saturated carbocycles. The van der Waals surface area contributed by atoms with Crippen LogP contribution >= 0.6 is 0 Å². The fourth-order valence-corrected chi connectivity index (χ4v) is 3.42. The quantitative estimate of drug-likeness (QED) is 0.408. The van der Waals surface area contributed by atoms with Crippen LogP contribution in [0.5, 0.6) is 0 Å². The van der Waals surface area contributed by atoms with Crippen LogP contribution in [0, 0.1) is 0 Å². The molecular formula is C20H28F3N. The third-order valence-corrected chi connectivity index (χ3v) is 4.74. The minimum absolute atomic E-state index is 0.0246. The van der Waals surface area contributed by atoms with Crippen LogP contribution in [0.25, 0.3) is 0 Å². The van der Waals surface area contributed by atoms with Gasteiger partial charge < -0.3 is 0 Å². The summed E-state index contributed by atoms with van der Waals surface area (Å²) in [6.07, 6.45) is 6.09. The molecule has 134 valence electrons. The Kier molecular flexibility index (Phi) is 7.35. The number of rotatable bonds is 8. The third-order valence-electron chi connectivity index (χ3n) is 4.74. The molecule has 0 radical (unpaired) electrons. The van der Waals surface area contributed by atoms with Gasteiger partial charge in [0, 0.05) is 12.6 Å². The molecule has 0 N–H and O–H groups in total. The predicted octanol–water partition coefficient (Wildman–Crippen LogP) is 6.11. The van der Waals surface area contributed by atoms with E-state index in [0.29, 0.717) is 13.0 Å². The van der Waals surface area contributed by atoms with Crippen LogP contribution < -0.4 is 0 Å². The lowest BCUT2D eigenvalue weighted by atomic mass is 9.95. The molecule has 0 aromatic heterocycles. The number of alkyl halides is 3. The van der Waals surface area contributed by atoms with Crippen molar-refractivity contribution in [1.29, 1.82) is 0 Å². The SMILES string of the molecule is CCCCCCC[C@H]1CC=C[C@H](C(F)(F)F)N1Cc1ccccc1. The monoisotopic (exact) mass is 339 g/mol. The number of hydrogen-bond acceptors (Lipinski definition) is 1. The maximum atomic E-state index is 13.5. The standard InChI is InChI=1S/C20H28F3N/c1-2-3-4-5-9-13-18-14-10-15-19(20(21,22)23)24(18)16-17-11-7-6-8-12-17/h6-8,10-12,15,18-19H,2-5,9,13-14,16H2,1H3/t18-,19+/m0/s1. The van der Waals surface area contributed by atoms with Crippen molar-refractivity contribution >= 4 is 0 Å². The summed E-state index contributed by atoms with van der Waals surface area (Å²) in [6.45, 7) is 2.52. The van der Waals surface area contributed by atoms with E-state index in [1.807, 2.05) is 30.3 Å². The summed E-state index contributed by atoms with van der Waals surface area (Å²) in [6, 6.07) is 7.99. The first kappa shape index (κ1) is 19.0. The molecular weight excluding hydrogens is 311 g/mol. The Morgan fingerprint density at radius 2 is 1.75 bits per heavy atom. The summed E-state index contributed by atoms with van der Waals surface area (Å²) in [5, 5.41) is 0. The van der Waals surface area contributed by atoms with Gasteiger partial charge in [-0.05, 0) is 18.4 Å². The molecule has 1 aliphatic rings. The van der Waals surface area contributed by atoms with Crippen molar-refractivity contribution in [3.63, 3.8) is 0 Å². The molecule has 1 nitrogen and oxygen atoms in total. The zero-order chi connectivity index (χ0) is 17.4. The van der Waals surface area contributed by atoms with Crippen molar-refractivity contribution in [1.82, 2.24) is 4.90 Å². The van der Waals surface area contributed by atoms with Crippen LogP contribution in [0.15, 0.2) is 42.5 Å². The molecule has 0 saturated heterocycles. The first-order valence-corrected chi connectivity index (χ1v) is 9.05. The largest absolute Gasteiger partial charge is 0.407 e. The van der Waals surface area contributed by atoms with Crippen LogP contribution in [-0.4, -0.2) is 23.2 Å². The van der Waals surface area contributed by atoms with Gasteiger partial charge in [0.15, 0.2) is 0 Å². The molecule has 1 aromatic carbocycles. The van der Waals surface area contributed by atoms with Crippen molar-refractivity contribution in [2.75, 3.05) is 0 Å². The van der Waals surface area contributed by atoms with Gasteiger partial charge in [-0.15, -0.1) is 0 Å². The van der Waals surface area contributed by atoms with Crippen molar-refractivity contribution in [2.45, 2.75) is 76.7 Å². The number of unbranched alkanes of at least 4 members (excludes halogenated alkanes) is 4. The Morgan fingerprint density at radius 1 is 1.04 bits per heavy atom. The molecule has 24 heavy (non-hydrogen) atoms. The number of benzene rings is 1. The molecule has 2 rings (SSSR count). The average molecular weight is 339 g/mol. The predicted molar refractivity (Wildman–Crippen MR) is 92.7 cm³/mol. The molecule has 0 unspecified atom stereocenters. The molecule has 2 atom stereocenters. The molecule has 0 amide bonds. The van der Waals surface area contributed by atoms with Crippen LogP contribution in [0.1, 0.15) is 57.4 Å². The Morgan fingerprint density at radius 3 is 2.42 bits per heavy atom. The van der Waals surface area contributed by atoms with Crippen LogP contribution in [-0.2, 0) is 6.54 Å². The van der Waals surface area contributed by atoms with Gasteiger partial charge in [0.2, 0.25) is 0 Å². The molecule has 1 heterocycles. The van der Waals surface area contributed by atoms with E-state index in [0.717, 1.165) is 24.8 Å². The molecule has 1 aromatic rings. The molecule has 4 heteroatoms. The van der Waals surface area contributed by atoms with Gasteiger partial charge in [-0.3, -0.25) is 4.90 Å². The van der Waals surface area contributed by atoms with E-state index in [9.17, 15) is 13.2 Å². The third kappa shape index (κ3) is 5.66. The molecule has 1 aliphatic heterocycles. The normalized spacial score (nSPS) is 22.0. The highest BCUT2D eigenvalue weighted by Crippen LogP contribution is 2.33. The summed E-state index contributed by atoms with van der Waals surface area (Å²) >= 11 is 0. The van der Waals surface area contributed by atoms with E-state index in [1.165, 1.54) is 25.3 Å². The first-order chi connectivity index (χ1) is 11.5. The van der Waals surface area contributed by atoms with Gasteiger partial charge in [-0.2, -0.15) is 13.2 Å². The van der Waals surface area contributed by atoms with E-state index in [2.05, 4.69) is 6.92 Å². The van der Waals surface area contributed by atoms with Gasteiger partial charge in [0.1, 0.15) is 6.04 Å². The lowest BCUT2D eigenvalue weighted by Gasteiger charge is -2.40. The highest BCUT2D eigenvalue weighted by atomic mass is 19.4. The first-order valence-electron chi connectivity index (χ1n) is 9.05. The molecule has 0 bridgehead atoms. The van der Waals surface area contributed by atoms with E-state index in [4.69, 9.17) is 0 Å². The second-order valence-electron chi connectivity index (χ2n) is 6.66. The minimum atomic E-state index is -4.22. The maximum absolute atomic E-state index is 13.5. The van der Waals surface area contributed by atoms with Gasteiger partial charge >= 0.3 is 6.18 Å². The highest BCUT2D eigenvalue weighted by Gasteiger charge is 2.45. The van der Waals surface area contributed by atoms with Crippen LogP contribution in [0.3, 0.4) is 0 Å². The zero-order valence-electron chi connectivity index (χ0n) is 14.4. The van der Waals surface area contributed by atoms with Crippen molar-refractivity contribution in [3.05, 3.63) is 48.0 Å². The van der Waals surface area contributed by atoms with Crippen molar-refractivity contribution < 1.29 is 13.2 Å². The van der Waals surface area contributed by atoms with E-state index >= 15 is 0 Å². The molecule has 0 spiro atoms. The zero-order valence-corrected chi connectivity index (χ0v) is 14.4. The second kappa shape index (κ2) is 9.26. The summed E-state index contributed by atoms with van der Waals surface area (Å²) in [5.41, 5.74) is 0.943.